The first-order valence-corrected chi connectivity index (χ1v) is 19.0. The van der Waals surface area contributed by atoms with Gasteiger partial charge in [-0.25, -0.2) is 4.98 Å². The van der Waals surface area contributed by atoms with E-state index in [0.717, 1.165) is 25.1 Å². The quantitative estimate of drug-likeness (QED) is 0.0781. The summed E-state index contributed by atoms with van der Waals surface area (Å²) in [5.74, 6) is -0.690. The summed E-state index contributed by atoms with van der Waals surface area (Å²) < 4.78 is 16.1. The minimum absolute atomic E-state index is 0.0343. The number of hydrogen-bond acceptors (Lipinski definition) is 10. The van der Waals surface area contributed by atoms with Gasteiger partial charge in [-0.2, -0.15) is 0 Å². The Bertz CT molecular complexity index is 2270. The smallest absolute Gasteiger partial charge is 0.291 e. The summed E-state index contributed by atoms with van der Waals surface area (Å²) >= 11 is 0. The monoisotopic (exact) mass is 795 g/mol. The Kier molecular flexibility index (Phi) is 12.8. The Morgan fingerprint density at radius 3 is 2.28 bits per heavy atom. The SMILES string of the molecule is C=C1C[C@H]2C=Nc3cc(OCCCC(=O)Nc4cn(C)c(C(=O)Nc5cc(C(=O)Nc6cc(C(=O)NCCCNCC)n(C)c6)n(C)c5)n4)c(OC)cc3C(=O)N2C1. The number of rotatable bonds is 17. The lowest BCUT2D eigenvalue weighted by Crippen LogP contribution is -2.35. The zero-order chi connectivity index (χ0) is 41.5. The molecule has 0 bridgehead atoms. The molecule has 306 valence electrons. The van der Waals surface area contributed by atoms with E-state index in [2.05, 4.69) is 43.1 Å². The van der Waals surface area contributed by atoms with Crippen molar-refractivity contribution in [2.75, 3.05) is 55.8 Å². The third kappa shape index (κ3) is 9.46. The highest BCUT2D eigenvalue weighted by atomic mass is 16.5. The van der Waals surface area contributed by atoms with E-state index in [1.54, 1.807) is 72.0 Å². The second-order valence-corrected chi connectivity index (χ2v) is 14.1. The first-order chi connectivity index (χ1) is 27.8. The van der Waals surface area contributed by atoms with Crippen molar-refractivity contribution in [2.45, 2.75) is 38.6 Å². The van der Waals surface area contributed by atoms with Gasteiger partial charge in [0, 0.05) is 71.5 Å². The van der Waals surface area contributed by atoms with Crippen LogP contribution in [0.25, 0.3) is 0 Å². The maximum atomic E-state index is 13.2. The zero-order valence-corrected chi connectivity index (χ0v) is 33.3. The fourth-order valence-electron chi connectivity index (χ4n) is 6.74. The van der Waals surface area contributed by atoms with Gasteiger partial charge in [0.2, 0.25) is 11.7 Å². The van der Waals surface area contributed by atoms with Crippen molar-refractivity contribution in [3.63, 3.8) is 0 Å². The molecule has 5 N–H and O–H groups in total. The number of amides is 5. The molecule has 18 nitrogen and oxygen atoms in total. The lowest BCUT2D eigenvalue weighted by atomic mass is 10.1. The van der Waals surface area contributed by atoms with Crippen molar-refractivity contribution in [3.05, 3.63) is 77.8 Å². The molecule has 3 aromatic heterocycles. The number of benzene rings is 1. The number of anilines is 3. The van der Waals surface area contributed by atoms with Crippen LogP contribution in [0.3, 0.4) is 0 Å². The number of imidazole rings is 1. The van der Waals surface area contributed by atoms with Gasteiger partial charge in [-0.1, -0.05) is 19.1 Å². The van der Waals surface area contributed by atoms with Crippen LogP contribution < -0.4 is 36.1 Å². The number of aromatic nitrogens is 4. The Hall–Kier alpha value is -6.69. The van der Waals surface area contributed by atoms with Crippen LogP contribution in [0.4, 0.5) is 22.9 Å². The fourth-order valence-corrected chi connectivity index (χ4v) is 6.74. The van der Waals surface area contributed by atoms with E-state index in [1.165, 1.54) is 23.9 Å². The predicted molar refractivity (Wildman–Crippen MR) is 219 cm³/mol. The summed E-state index contributed by atoms with van der Waals surface area (Å²) in [6.45, 7) is 8.90. The summed E-state index contributed by atoms with van der Waals surface area (Å²) in [6, 6.07) is 6.29. The number of fused-ring (bicyclic) bond motifs is 2. The number of methoxy groups -OCH3 is 1. The van der Waals surface area contributed by atoms with Crippen molar-refractivity contribution < 1.29 is 33.4 Å². The molecule has 0 saturated carbocycles. The highest BCUT2D eigenvalue weighted by molar-refractivity contribution is 6.07. The van der Waals surface area contributed by atoms with Crippen LogP contribution in [-0.4, -0.2) is 105 Å². The number of nitrogens with zero attached hydrogens (tertiary/aromatic N) is 6. The van der Waals surface area contributed by atoms with Crippen molar-refractivity contribution in [1.82, 2.24) is 34.2 Å². The molecule has 2 aliphatic heterocycles. The molecule has 1 aromatic carbocycles. The number of aryl methyl sites for hydroxylation is 3. The van der Waals surface area contributed by atoms with Gasteiger partial charge >= 0.3 is 0 Å². The second-order valence-electron chi connectivity index (χ2n) is 14.1. The Morgan fingerprint density at radius 1 is 0.862 bits per heavy atom. The van der Waals surface area contributed by atoms with Gasteiger partial charge < -0.3 is 54.7 Å². The molecular formula is C40H49N11O7. The third-order valence-electron chi connectivity index (χ3n) is 9.66. The minimum atomic E-state index is -0.551. The molecule has 0 unspecified atom stereocenters. The number of aliphatic imine (C=N–C) groups is 1. The lowest BCUT2D eigenvalue weighted by Gasteiger charge is -2.20. The molecule has 2 aliphatic rings. The largest absolute Gasteiger partial charge is 0.493 e. The number of hydrogen-bond donors (Lipinski definition) is 5. The van der Waals surface area contributed by atoms with Crippen LogP contribution in [0.1, 0.15) is 74.6 Å². The van der Waals surface area contributed by atoms with Crippen molar-refractivity contribution in [3.8, 4) is 11.5 Å². The van der Waals surface area contributed by atoms with E-state index in [9.17, 15) is 24.0 Å². The average Bonchev–Trinajstić information content (AvgIpc) is 3.94. The predicted octanol–water partition coefficient (Wildman–Crippen LogP) is 3.62. The van der Waals surface area contributed by atoms with Gasteiger partial charge in [0.05, 0.1) is 42.4 Å². The van der Waals surface area contributed by atoms with Crippen LogP contribution in [0, 0.1) is 0 Å². The fraction of sp³-hybridized carbons (Fsp3) is 0.375. The third-order valence-corrected chi connectivity index (χ3v) is 9.66. The molecular weight excluding hydrogens is 747 g/mol. The summed E-state index contributed by atoms with van der Waals surface area (Å²) in [7, 11) is 6.51. The normalized spacial score (nSPS) is 14.4. The number of ether oxygens (including phenoxy) is 2. The Balaban J connectivity index is 0.979. The highest BCUT2D eigenvalue weighted by Gasteiger charge is 2.34. The summed E-state index contributed by atoms with van der Waals surface area (Å²) in [4.78, 5) is 75.7. The Labute approximate surface area is 335 Å². The molecule has 0 aliphatic carbocycles. The van der Waals surface area contributed by atoms with Crippen LogP contribution in [0.15, 0.2) is 60.0 Å². The first-order valence-electron chi connectivity index (χ1n) is 19.0. The summed E-state index contributed by atoms with van der Waals surface area (Å²) in [6.07, 6.45) is 8.45. The molecule has 0 spiro atoms. The van der Waals surface area contributed by atoms with Gasteiger partial charge in [0.25, 0.3) is 23.6 Å². The van der Waals surface area contributed by atoms with E-state index in [1.807, 2.05) is 6.92 Å². The van der Waals surface area contributed by atoms with E-state index in [-0.39, 0.29) is 54.1 Å². The molecule has 6 rings (SSSR count). The molecule has 18 heteroatoms. The molecule has 5 amide bonds. The van der Waals surface area contributed by atoms with Crippen molar-refractivity contribution in [1.29, 1.82) is 0 Å². The van der Waals surface area contributed by atoms with Crippen LogP contribution in [0.5, 0.6) is 11.5 Å². The molecule has 5 heterocycles. The summed E-state index contributed by atoms with van der Waals surface area (Å²) in [5.41, 5.74) is 3.35. The van der Waals surface area contributed by atoms with Gasteiger partial charge in [0.15, 0.2) is 17.3 Å². The maximum absolute atomic E-state index is 13.2. The minimum Gasteiger partial charge on any atom is -0.493 e. The van der Waals surface area contributed by atoms with Gasteiger partial charge in [0.1, 0.15) is 11.4 Å². The molecule has 4 aromatic rings. The molecule has 1 fully saturated rings. The molecule has 1 atom stereocenters. The molecule has 0 radical (unpaired) electrons. The topological polar surface area (TPSA) is 207 Å². The van der Waals surface area contributed by atoms with Crippen molar-refractivity contribution in [2.24, 2.45) is 26.1 Å². The second kappa shape index (κ2) is 18.1. The highest BCUT2D eigenvalue weighted by Crippen LogP contribution is 2.38. The van der Waals surface area contributed by atoms with Crippen molar-refractivity contribution >= 4 is 58.6 Å². The van der Waals surface area contributed by atoms with Crippen LogP contribution in [-0.2, 0) is 25.9 Å². The van der Waals surface area contributed by atoms with Gasteiger partial charge in [-0.3, -0.25) is 29.0 Å². The average molecular weight is 796 g/mol. The molecule has 1 saturated heterocycles. The van der Waals surface area contributed by atoms with Crippen LogP contribution in [0.2, 0.25) is 0 Å². The summed E-state index contributed by atoms with van der Waals surface area (Å²) in [5, 5.41) is 14.4. The van der Waals surface area contributed by atoms with E-state index in [0.29, 0.717) is 65.7 Å². The number of nitrogens with one attached hydrogen (secondary N) is 5. The van der Waals surface area contributed by atoms with Crippen LogP contribution >= 0.6 is 0 Å². The zero-order valence-electron chi connectivity index (χ0n) is 33.3. The first kappa shape index (κ1) is 41.0. The standard InChI is InChI=1S/C40H49N11O7/c1-7-41-11-9-12-42-37(53)30-15-25(21-48(30)3)44-38(54)31-16-26(22-49(31)4)45-39(55)36-47-34(23-50(36)5)46-35(52)10-8-13-58-33-18-29-28(17-32(33)57-6)40(56)51-20-24(2)14-27(51)19-43-29/h15-19,21-23,27,41H,2,7-14,20H2,1,3-6H3,(H,42,53)(H,44,54)(H,45,55)(H,46,52)/t27-/m0/s1. The molecule has 58 heavy (non-hydrogen) atoms. The lowest BCUT2D eigenvalue weighted by molar-refractivity contribution is -0.116. The Morgan fingerprint density at radius 2 is 1.57 bits per heavy atom. The number of carbonyl (C=O) groups is 5. The van der Waals surface area contributed by atoms with E-state index < -0.39 is 11.8 Å². The maximum Gasteiger partial charge on any atom is 0.291 e. The number of carbonyl (C=O) groups excluding carboxylic acids is 5. The van der Waals surface area contributed by atoms with E-state index >= 15 is 0 Å². The van der Waals surface area contributed by atoms with E-state index in [4.69, 9.17) is 9.47 Å². The van der Waals surface area contributed by atoms with Gasteiger partial charge in [-0.15, -0.1) is 0 Å². The van der Waals surface area contributed by atoms with Gasteiger partial charge in [-0.05, 0) is 50.6 Å².